The first kappa shape index (κ1) is 33.5. The van der Waals surface area contributed by atoms with Gasteiger partial charge in [-0.15, -0.1) is 0 Å². The van der Waals surface area contributed by atoms with E-state index in [1.807, 2.05) is 6.92 Å². The van der Waals surface area contributed by atoms with E-state index in [1.54, 1.807) is 35.1 Å². The van der Waals surface area contributed by atoms with Crippen LogP contribution in [0.25, 0.3) is 11.0 Å². The van der Waals surface area contributed by atoms with Crippen LogP contribution < -0.4 is 5.32 Å². The Kier molecular flexibility index (Phi) is 9.66. The van der Waals surface area contributed by atoms with Crippen molar-refractivity contribution in [1.82, 2.24) is 14.8 Å². The summed E-state index contributed by atoms with van der Waals surface area (Å²) in [7, 11) is -5.73. The van der Waals surface area contributed by atoms with Gasteiger partial charge in [-0.1, -0.05) is 85.2 Å². The van der Waals surface area contributed by atoms with Crippen molar-refractivity contribution >= 4 is 45.4 Å². The molecule has 0 radical (unpaired) electrons. The summed E-state index contributed by atoms with van der Waals surface area (Å²) in [5.41, 5.74) is 2.19. The highest BCUT2D eigenvalue weighted by atomic mass is 35.5. The smallest absolute Gasteiger partial charge is 0.335 e. The minimum absolute atomic E-state index is 0.108. The Morgan fingerprint density at radius 3 is 2.25 bits per heavy atom. The molecule has 9 nitrogen and oxygen atoms in total. The Labute approximate surface area is 266 Å². The molecule has 2 N–H and O–H groups in total. The fraction of sp³-hybridized carbons (Fsp3) is 0.613. The lowest BCUT2D eigenvalue weighted by Gasteiger charge is -2.51. The van der Waals surface area contributed by atoms with Gasteiger partial charge in [0.25, 0.3) is 0 Å². The zero-order valence-electron chi connectivity index (χ0n) is 27.0. The zero-order valence-corrected chi connectivity index (χ0v) is 29.8. The maximum atomic E-state index is 14.5. The molecular formula is C31H46ClFN4O5Si2. The number of fused-ring (bicyclic) bond motifs is 2. The van der Waals surface area contributed by atoms with Gasteiger partial charge in [-0.3, -0.25) is 0 Å². The average molecular weight is 665 g/mol. The quantitative estimate of drug-likeness (QED) is 0.188. The second kappa shape index (κ2) is 12.7. The summed E-state index contributed by atoms with van der Waals surface area (Å²) < 4.78 is 43.8. The minimum Gasteiger partial charge on any atom is -0.414 e. The molecule has 13 heteroatoms. The summed E-state index contributed by atoms with van der Waals surface area (Å²) in [5.74, 6) is -0.299. The maximum absolute atomic E-state index is 14.5. The van der Waals surface area contributed by atoms with Gasteiger partial charge in [0, 0.05) is 5.56 Å². The summed E-state index contributed by atoms with van der Waals surface area (Å²) in [6.07, 6.45) is -1.53. The normalized spacial score (nSPS) is 25.9. The van der Waals surface area contributed by atoms with Crippen LogP contribution in [0.2, 0.25) is 27.3 Å². The number of aliphatic hydroxyl groups is 1. The summed E-state index contributed by atoms with van der Waals surface area (Å²) in [6.45, 7) is 19.4. The molecule has 2 aromatic heterocycles. The molecule has 0 spiro atoms. The number of halogens is 2. The van der Waals surface area contributed by atoms with Crippen LogP contribution >= 0.6 is 11.6 Å². The van der Waals surface area contributed by atoms with E-state index < -0.39 is 41.7 Å². The Morgan fingerprint density at radius 1 is 1.00 bits per heavy atom. The van der Waals surface area contributed by atoms with Gasteiger partial charge in [0.1, 0.15) is 29.3 Å². The molecule has 4 heterocycles. The Morgan fingerprint density at radius 2 is 1.64 bits per heavy atom. The first-order valence-corrected chi connectivity index (χ1v) is 19.9. The molecule has 1 aromatic carbocycles. The number of benzene rings is 1. The third-order valence-corrected chi connectivity index (χ3v) is 19.6. The number of hydrogen-bond acceptors (Lipinski definition) is 8. The lowest BCUT2D eigenvalue weighted by molar-refractivity contribution is -0.0613. The number of hydrogen-bond donors (Lipinski definition) is 2. The van der Waals surface area contributed by atoms with Gasteiger partial charge in [0.2, 0.25) is 0 Å². The molecule has 5 atom stereocenters. The van der Waals surface area contributed by atoms with Crippen LogP contribution in [0, 0.1) is 5.82 Å². The number of nitrogens with one attached hydrogen (secondary N) is 1. The van der Waals surface area contributed by atoms with E-state index in [0.29, 0.717) is 22.3 Å². The van der Waals surface area contributed by atoms with Crippen molar-refractivity contribution in [3.8, 4) is 0 Å². The number of rotatable bonds is 8. The highest BCUT2D eigenvalue weighted by Gasteiger charge is 2.61. The van der Waals surface area contributed by atoms with Crippen molar-refractivity contribution in [1.29, 1.82) is 0 Å². The molecule has 0 aliphatic carbocycles. The predicted molar refractivity (Wildman–Crippen MR) is 175 cm³/mol. The number of ether oxygens (including phenoxy) is 1. The van der Waals surface area contributed by atoms with Crippen molar-refractivity contribution in [3.05, 3.63) is 53.1 Å². The lowest BCUT2D eigenvalue weighted by Crippen LogP contribution is -2.65. The van der Waals surface area contributed by atoms with Crippen LogP contribution in [0.5, 0.6) is 0 Å². The number of anilines is 1. The number of aliphatic hydroxyl groups excluding tert-OH is 1. The topological polar surface area (TPSA) is 99.9 Å². The molecule has 0 amide bonds. The van der Waals surface area contributed by atoms with E-state index >= 15 is 0 Å². The van der Waals surface area contributed by atoms with Gasteiger partial charge in [-0.25, -0.2) is 14.1 Å². The van der Waals surface area contributed by atoms with Crippen LogP contribution in [-0.4, -0.2) is 61.9 Å². The van der Waals surface area contributed by atoms with Crippen LogP contribution in [0.1, 0.15) is 80.1 Å². The van der Waals surface area contributed by atoms with Gasteiger partial charge < -0.3 is 28.1 Å². The van der Waals surface area contributed by atoms with E-state index in [4.69, 9.17) is 29.3 Å². The molecule has 2 saturated heterocycles. The van der Waals surface area contributed by atoms with Crippen molar-refractivity contribution in [2.45, 2.75) is 115 Å². The molecule has 0 saturated carbocycles. The molecule has 0 bridgehead atoms. The molecule has 5 rings (SSSR count). The minimum atomic E-state index is -2.96. The van der Waals surface area contributed by atoms with Crippen LogP contribution in [0.15, 0.2) is 36.5 Å². The largest absolute Gasteiger partial charge is 0.414 e. The number of nitrogens with zero attached hydrogens (tertiary/aromatic N) is 3. The molecular weight excluding hydrogens is 619 g/mol. The zero-order chi connectivity index (χ0) is 32.1. The second-order valence-corrected chi connectivity index (χ2v) is 22.6. The average Bonchev–Trinajstić information content (AvgIpc) is 3.48. The first-order chi connectivity index (χ1) is 20.7. The van der Waals surface area contributed by atoms with E-state index in [-0.39, 0.29) is 45.8 Å². The monoisotopic (exact) mass is 664 g/mol. The van der Waals surface area contributed by atoms with Crippen LogP contribution in [0.3, 0.4) is 0 Å². The third kappa shape index (κ3) is 5.77. The Hall–Kier alpha value is -1.91. The summed E-state index contributed by atoms with van der Waals surface area (Å²) >= 11 is 6.50. The molecule has 2 aliphatic rings. The molecule has 3 aromatic rings. The second-order valence-electron chi connectivity index (χ2n) is 13.3. The summed E-state index contributed by atoms with van der Waals surface area (Å²) in [6, 6.07) is 7.97. The lowest BCUT2D eigenvalue weighted by atomic mass is 10.1. The molecule has 2 fully saturated rings. The molecule has 242 valence electrons. The van der Waals surface area contributed by atoms with E-state index in [9.17, 15) is 9.50 Å². The van der Waals surface area contributed by atoms with Crippen molar-refractivity contribution in [3.63, 3.8) is 0 Å². The predicted octanol–water partition coefficient (Wildman–Crippen LogP) is 7.61. The fourth-order valence-corrected chi connectivity index (χ4v) is 18.2. The highest BCUT2D eigenvalue weighted by molar-refractivity contribution is 6.84. The molecule has 44 heavy (non-hydrogen) atoms. The van der Waals surface area contributed by atoms with Gasteiger partial charge in [0.05, 0.1) is 29.9 Å². The van der Waals surface area contributed by atoms with Gasteiger partial charge in [-0.2, -0.15) is 5.10 Å². The van der Waals surface area contributed by atoms with Crippen LogP contribution in [-0.2, 0) is 17.7 Å². The van der Waals surface area contributed by atoms with E-state index in [2.05, 4.69) is 70.8 Å². The SMILES string of the molecule is CC(Nc1cc(Cl)nc2c1cnn2[C@@H]1O[C@@H]2CO[Si](C(C)C)(C(C)C)O[Si](C(C)C)(C(C)C)OC2[C@H]1O)c1ccccc1F. The number of aromatic nitrogens is 3. The summed E-state index contributed by atoms with van der Waals surface area (Å²) in [5, 5.41) is 20.7. The standard InChI is InChI=1S/C31H46ClFN4O5Si2/c1-17(2)43(18(3)4)39-16-26-29(41-44(42-43,19(5)6)20(7)8)28(38)31(40-26)37-30-23(15-34-37)25(14-27(32)36-30)35-21(9)22-12-10-11-13-24(22)33/h10-15,17-21,26,28-29,31,38H,16H2,1-9H3,(H,35,36)/t21?,26-,28-,29?,31-/m1/s1. The fourth-order valence-electron chi connectivity index (χ4n) is 6.77. The Bertz CT molecular complexity index is 1460. The third-order valence-electron chi connectivity index (χ3n) is 9.16. The van der Waals surface area contributed by atoms with Crippen molar-refractivity contribution in [2.24, 2.45) is 0 Å². The van der Waals surface area contributed by atoms with Crippen LogP contribution in [0.4, 0.5) is 10.1 Å². The van der Waals surface area contributed by atoms with Gasteiger partial charge in [-0.05, 0) is 41.2 Å². The van der Waals surface area contributed by atoms with Gasteiger partial charge >= 0.3 is 17.1 Å². The highest BCUT2D eigenvalue weighted by Crippen LogP contribution is 2.48. The van der Waals surface area contributed by atoms with E-state index in [1.165, 1.54) is 6.07 Å². The Balaban J connectivity index is 1.52. The number of pyridine rings is 1. The first-order valence-electron chi connectivity index (χ1n) is 15.6. The summed E-state index contributed by atoms with van der Waals surface area (Å²) in [4.78, 5) is 4.56. The molecule has 2 aliphatic heterocycles. The van der Waals surface area contributed by atoms with Gasteiger partial charge in [0.15, 0.2) is 11.9 Å². The van der Waals surface area contributed by atoms with Crippen molar-refractivity contribution in [2.75, 3.05) is 11.9 Å². The van der Waals surface area contributed by atoms with E-state index in [0.717, 1.165) is 0 Å². The van der Waals surface area contributed by atoms with Crippen molar-refractivity contribution < 1.29 is 27.2 Å². The molecule has 2 unspecified atom stereocenters. The maximum Gasteiger partial charge on any atom is 0.335 e.